The average Bonchev–Trinajstić information content (AvgIpc) is 3.28. The van der Waals surface area contributed by atoms with Crippen molar-refractivity contribution in [3.8, 4) is 0 Å². The first-order valence-corrected chi connectivity index (χ1v) is 10.2. The van der Waals surface area contributed by atoms with E-state index in [-0.39, 0.29) is 17.5 Å². The summed E-state index contributed by atoms with van der Waals surface area (Å²) in [4.78, 5) is 15.4. The average molecular weight is 417 g/mol. The molecule has 0 spiro atoms. The molecule has 3 aromatic carbocycles. The zero-order valence-electron chi connectivity index (χ0n) is 17.0. The number of hydrogen-bond donors (Lipinski definition) is 1. The molecule has 0 atom stereocenters. The Morgan fingerprint density at radius 2 is 1.84 bits per heavy atom. The molecular weight excluding hydrogens is 396 g/mol. The number of rotatable bonds is 4. The molecule has 1 amide bonds. The standard InChI is InChI=1S/C25H21F2N3O/c1-29-10-9-17-13-21(6-8-22(17)29)28-25(31)24-14-18-12-20(27)5-7-23(18)30(24)15-16-3-2-4-19(26)11-16/h2-8,11-14H,9-10,15H2,1H3,(H,28,31). The molecule has 0 aliphatic carbocycles. The van der Waals surface area contributed by atoms with Gasteiger partial charge in [0.05, 0.1) is 0 Å². The lowest BCUT2D eigenvalue weighted by atomic mass is 10.1. The van der Waals surface area contributed by atoms with Gasteiger partial charge in [-0.15, -0.1) is 0 Å². The van der Waals surface area contributed by atoms with Gasteiger partial charge in [0.1, 0.15) is 17.3 Å². The van der Waals surface area contributed by atoms with Gasteiger partial charge in [0.15, 0.2) is 0 Å². The van der Waals surface area contributed by atoms with Gasteiger partial charge in [-0.2, -0.15) is 0 Å². The molecule has 0 saturated carbocycles. The number of fused-ring (bicyclic) bond motifs is 2. The molecule has 4 nitrogen and oxygen atoms in total. The maximum Gasteiger partial charge on any atom is 0.272 e. The number of aromatic nitrogens is 1. The second-order valence-corrected chi connectivity index (χ2v) is 7.92. The van der Waals surface area contributed by atoms with Crippen molar-refractivity contribution in [1.29, 1.82) is 0 Å². The summed E-state index contributed by atoms with van der Waals surface area (Å²) in [7, 11) is 2.05. The summed E-state index contributed by atoms with van der Waals surface area (Å²) < 4.78 is 29.3. The van der Waals surface area contributed by atoms with E-state index >= 15 is 0 Å². The van der Waals surface area contributed by atoms with Gasteiger partial charge >= 0.3 is 0 Å². The van der Waals surface area contributed by atoms with Crippen molar-refractivity contribution in [2.75, 3.05) is 23.8 Å². The third-order valence-corrected chi connectivity index (χ3v) is 5.79. The maximum absolute atomic E-state index is 13.8. The van der Waals surface area contributed by atoms with E-state index in [4.69, 9.17) is 0 Å². The Balaban J connectivity index is 1.51. The van der Waals surface area contributed by atoms with E-state index in [0.29, 0.717) is 28.8 Å². The summed E-state index contributed by atoms with van der Waals surface area (Å²) in [5.74, 6) is -1.00. The highest BCUT2D eigenvalue weighted by atomic mass is 19.1. The SMILES string of the molecule is CN1CCc2cc(NC(=O)c3cc4cc(F)ccc4n3Cc3cccc(F)c3)ccc21. The Bertz CT molecular complexity index is 1310. The third-order valence-electron chi connectivity index (χ3n) is 5.79. The largest absolute Gasteiger partial charge is 0.374 e. The van der Waals surface area contributed by atoms with Crippen molar-refractivity contribution < 1.29 is 13.6 Å². The lowest BCUT2D eigenvalue weighted by Crippen LogP contribution is -2.17. The minimum absolute atomic E-state index is 0.292. The van der Waals surface area contributed by atoms with Crippen LogP contribution in [-0.4, -0.2) is 24.1 Å². The van der Waals surface area contributed by atoms with Crippen molar-refractivity contribution in [1.82, 2.24) is 4.57 Å². The van der Waals surface area contributed by atoms with E-state index in [1.807, 2.05) is 25.2 Å². The summed E-state index contributed by atoms with van der Waals surface area (Å²) in [5, 5.41) is 3.59. The van der Waals surface area contributed by atoms with Crippen molar-refractivity contribution in [3.63, 3.8) is 0 Å². The molecule has 0 saturated heterocycles. The van der Waals surface area contributed by atoms with E-state index in [1.54, 1.807) is 28.8 Å². The van der Waals surface area contributed by atoms with E-state index in [1.165, 1.54) is 35.5 Å². The summed E-state index contributed by atoms with van der Waals surface area (Å²) in [5.41, 5.74) is 4.91. The van der Waals surface area contributed by atoms with Gasteiger partial charge in [0.2, 0.25) is 0 Å². The Morgan fingerprint density at radius 3 is 2.68 bits per heavy atom. The molecule has 0 radical (unpaired) electrons. The quantitative estimate of drug-likeness (QED) is 0.495. The van der Waals surface area contributed by atoms with Gasteiger partial charge in [0, 0.05) is 42.4 Å². The van der Waals surface area contributed by atoms with E-state index in [0.717, 1.165) is 18.5 Å². The summed E-state index contributed by atoms with van der Waals surface area (Å²) >= 11 is 0. The number of hydrogen-bond acceptors (Lipinski definition) is 2. The second kappa shape index (κ2) is 7.54. The molecule has 5 rings (SSSR count). The summed E-state index contributed by atoms with van der Waals surface area (Å²) in [6.45, 7) is 1.25. The van der Waals surface area contributed by atoms with E-state index in [2.05, 4.69) is 10.2 Å². The minimum atomic E-state index is -0.370. The number of anilines is 2. The molecule has 0 unspecified atom stereocenters. The van der Waals surface area contributed by atoms with Crippen LogP contribution in [0.4, 0.5) is 20.2 Å². The number of halogens is 2. The Labute approximate surface area is 178 Å². The molecule has 0 bridgehead atoms. The van der Waals surface area contributed by atoms with Gasteiger partial charge in [-0.1, -0.05) is 12.1 Å². The minimum Gasteiger partial charge on any atom is -0.374 e. The Kier molecular flexibility index (Phi) is 4.70. The molecule has 1 aliphatic rings. The zero-order chi connectivity index (χ0) is 21.5. The molecule has 31 heavy (non-hydrogen) atoms. The summed E-state index contributed by atoms with van der Waals surface area (Å²) in [6, 6.07) is 18.2. The van der Waals surface area contributed by atoms with Crippen LogP contribution in [0.25, 0.3) is 10.9 Å². The van der Waals surface area contributed by atoms with Crippen LogP contribution in [0.3, 0.4) is 0 Å². The molecular formula is C25H21F2N3O. The highest BCUT2D eigenvalue weighted by molar-refractivity contribution is 6.06. The first-order chi connectivity index (χ1) is 15.0. The van der Waals surface area contributed by atoms with Crippen LogP contribution in [0.15, 0.2) is 66.7 Å². The van der Waals surface area contributed by atoms with Crippen molar-refractivity contribution in [3.05, 3.63) is 95.2 Å². The van der Waals surface area contributed by atoms with Gasteiger partial charge in [-0.3, -0.25) is 4.79 Å². The lowest BCUT2D eigenvalue weighted by Gasteiger charge is -2.14. The summed E-state index contributed by atoms with van der Waals surface area (Å²) in [6.07, 6.45) is 0.939. The molecule has 2 heterocycles. The second-order valence-electron chi connectivity index (χ2n) is 7.92. The van der Waals surface area contributed by atoms with E-state index < -0.39 is 0 Å². The number of amides is 1. The predicted molar refractivity (Wildman–Crippen MR) is 119 cm³/mol. The van der Waals surface area contributed by atoms with Crippen molar-refractivity contribution in [2.24, 2.45) is 0 Å². The van der Waals surface area contributed by atoms with Crippen LogP contribution in [0, 0.1) is 11.6 Å². The lowest BCUT2D eigenvalue weighted by molar-refractivity contribution is 0.101. The van der Waals surface area contributed by atoms with Crippen LogP contribution < -0.4 is 10.2 Å². The first kappa shape index (κ1) is 19.3. The topological polar surface area (TPSA) is 37.3 Å². The fourth-order valence-electron chi connectivity index (χ4n) is 4.26. The fraction of sp³-hybridized carbons (Fsp3) is 0.160. The number of nitrogens with zero attached hydrogens (tertiary/aromatic N) is 2. The van der Waals surface area contributed by atoms with Gasteiger partial charge in [-0.25, -0.2) is 8.78 Å². The molecule has 156 valence electrons. The van der Waals surface area contributed by atoms with Crippen LogP contribution in [0.2, 0.25) is 0 Å². The number of carbonyl (C=O) groups is 1. The Morgan fingerprint density at radius 1 is 1.00 bits per heavy atom. The normalized spacial score (nSPS) is 12.9. The molecule has 0 fully saturated rings. The first-order valence-electron chi connectivity index (χ1n) is 10.2. The third kappa shape index (κ3) is 3.65. The van der Waals surface area contributed by atoms with Crippen LogP contribution in [0.5, 0.6) is 0 Å². The predicted octanol–water partition coefficient (Wildman–Crippen LogP) is 5.21. The van der Waals surface area contributed by atoms with E-state index in [9.17, 15) is 13.6 Å². The highest BCUT2D eigenvalue weighted by Crippen LogP contribution is 2.30. The fourth-order valence-corrected chi connectivity index (χ4v) is 4.26. The number of carbonyl (C=O) groups excluding carboxylic acids is 1. The van der Waals surface area contributed by atoms with Crippen LogP contribution >= 0.6 is 0 Å². The van der Waals surface area contributed by atoms with Gasteiger partial charge in [-0.05, 0) is 72.1 Å². The van der Waals surface area contributed by atoms with Gasteiger partial charge in [0.25, 0.3) is 5.91 Å². The molecule has 4 aromatic rings. The molecule has 1 aromatic heterocycles. The zero-order valence-corrected chi connectivity index (χ0v) is 17.0. The highest BCUT2D eigenvalue weighted by Gasteiger charge is 2.19. The molecule has 1 aliphatic heterocycles. The monoisotopic (exact) mass is 417 g/mol. The smallest absolute Gasteiger partial charge is 0.272 e. The number of nitrogens with one attached hydrogen (secondary N) is 1. The van der Waals surface area contributed by atoms with Gasteiger partial charge < -0.3 is 14.8 Å². The molecule has 6 heteroatoms. The number of benzene rings is 3. The Hall–Kier alpha value is -3.67. The number of likely N-dealkylation sites (N-methyl/N-ethyl adjacent to an activating group) is 1. The molecule has 1 N–H and O–H groups in total. The van der Waals surface area contributed by atoms with Crippen molar-refractivity contribution in [2.45, 2.75) is 13.0 Å². The van der Waals surface area contributed by atoms with Crippen LogP contribution in [-0.2, 0) is 13.0 Å². The maximum atomic E-state index is 13.8. The van der Waals surface area contributed by atoms with Crippen LogP contribution in [0.1, 0.15) is 21.6 Å². The van der Waals surface area contributed by atoms with Crippen molar-refractivity contribution >= 4 is 28.2 Å².